The molecule has 1 unspecified atom stereocenters. The zero-order valence-electron chi connectivity index (χ0n) is 18.3. The summed E-state index contributed by atoms with van der Waals surface area (Å²) in [6, 6.07) is 0.449. The van der Waals surface area contributed by atoms with Gasteiger partial charge < -0.3 is 10.5 Å². The number of benzene rings is 1. The first-order valence-corrected chi connectivity index (χ1v) is 12.7. The second-order valence-corrected chi connectivity index (χ2v) is 11.7. The number of nitrogens with zero attached hydrogens (tertiary/aromatic N) is 4. The highest BCUT2D eigenvalue weighted by Crippen LogP contribution is 3.02. The van der Waals surface area contributed by atoms with Crippen molar-refractivity contribution in [3.63, 3.8) is 0 Å². The lowest BCUT2D eigenvalue weighted by Crippen LogP contribution is -2.39. The van der Waals surface area contributed by atoms with Gasteiger partial charge >= 0.3 is 16.3 Å². The van der Waals surface area contributed by atoms with Crippen LogP contribution in [0.3, 0.4) is 0 Å². The Kier molecular flexibility index (Phi) is 5.40. The molecule has 1 heterocycles. The number of ether oxygens (including phenoxy) is 1. The summed E-state index contributed by atoms with van der Waals surface area (Å²) in [5.41, 5.74) is 0.0297. The second kappa shape index (κ2) is 7.35. The van der Waals surface area contributed by atoms with Gasteiger partial charge in [0.05, 0.1) is 22.7 Å². The van der Waals surface area contributed by atoms with Crippen molar-refractivity contribution in [3.8, 4) is 11.8 Å². The van der Waals surface area contributed by atoms with Crippen molar-refractivity contribution in [2.45, 2.75) is 41.5 Å². The Morgan fingerprint density at radius 2 is 1.73 bits per heavy atom. The van der Waals surface area contributed by atoms with Gasteiger partial charge in [-0.25, -0.2) is 18.3 Å². The van der Waals surface area contributed by atoms with Gasteiger partial charge in [-0.1, -0.05) is 42.6 Å². The van der Waals surface area contributed by atoms with Crippen molar-refractivity contribution >= 4 is 51.2 Å². The molecule has 37 heavy (non-hydrogen) atoms. The first kappa shape index (κ1) is 27.1. The van der Waals surface area contributed by atoms with Crippen LogP contribution in [0.2, 0.25) is 10.0 Å². The van der Waals surface area contributed by atoms with Gasteiger partial charge in [0.1, 0.15) is 27.9 Å². The van der Waals surface area contributed by atoms with Gasteiger partial charge in [0, 0.05) is 12.5 Å². The minimum absolute atomic E-state index is 0.156. The fraction of sp³-hybridized carbons (Fsp3) is 0.368. The lowest BCUT2D eigenvalue weighted by molar-refractivity contribution is -0.123. The minimum atomic E-state index is -10.3. The maximum absolute atomic E-state index is 14.6. The summed E-state index contributed by atoms with van der Waals surface area (Å²) >= 11 is 11.8. The summed E-state index contributed by atoms with van der Waals surface area (Å²) in [6.45, 7) is 0. The van der Waals surface area contributed by atoms with Crippen molar-refractivity contribution in [1.82, 2.24) is 9.78 Å². The molecule has 4 rings (SSSR count). The van der Waals surface area contributed by atoms with Crippen LogP contribution in [0.15, 0.2) is 17.0 Å². The number of rotatable bonds is 6. The highest BCUT2D eigenvalue weighted by atomic mass is 35.5. The van der Waals surface area contributed by atoms with Crippen LogP contribution in [0, 0.1) is 11.3 Å². The molecule has 202 valence electrons. The van der Waals surface area contributed by atoms with E-state index in [-0.39, 0.29) is 12.1 Å². The lowest BCUT2D eigenvalue weighted by atomic mass is 9.93. The van der Waals surface area contributed by atoms with Gasteiger partial charge in [0.15, 0.2) is 5.69 Å². The van der Waals surface area contributed by atoms with Gasteiger partial charge in [-0.15, -0.1) is 0 Å². The van der Waals surface area contributed by atoms with E-state index in [0.717, 1.165) is 12.0 Å². The molecule has 0 bridgehead atoms. The first-order valence-electron chi connectivity index (χ1n) is 10.0. The van der Waals surface area contributed by atoms with Crippen LogP contribution in [-0.2, 0) is 14.9 Å². The van der Waals surface area contributed by atoms with E-state index < -0.39 is 83.7 Å². The molecule has 1 aromatic heterocycles. The molecule has 2 amide bonds. The molecule has 0 spiro atoms. The van der Waals surface area contributed by atoms with E-state index in [9.17, 15) is 43.1 Å². The highest BCUT2D eigenvalue weighted by molar-refractivity contribution is 8.45. The molecule has 0 saturated heterocycles. The molecule has 18 heteroatoms. The van der Waals surface area contributed by atoms with Crippen molar-refractivity contribution in [3.05, 3.63) is 33.4 Å². The number of primary amides is 1. The van der Waals surface area contributed by atoms with Crippen molar-refractivity contribution in [1.29, 1.82) is 5.26 Å². The maximum Gasteiger partial charge on any atom is 0.415 e. The number of hydrogen-bond donors (Lipinski definition) is 1. The monoisotopic (exact) mass is 595 g/mol. The van der Waals surface area contributed by atoms with Crippen LogP contribution >= 0.6 is 33.4 Å². The van der Waals surface area contributed by atoms with E-state index in [1.165, 1.54) is 6.07 Å². The van der Waals surface area contributed by atoms with Gasteiger partial charge in [-0.05, 0) is 25.0 Å². The van der Waals surface area contributed by atoms with E-state index in [4.69, 9.17) is 33.7 Å². The van der Waals surface area contributed by atoms with Crippen LogP contribution in [0.4, 0.5) is 38.8 Å². The molecule has 2 aromatic rings. The topological polar surface area (TPSA) is 114 Å². The van der Waals surface area contributed by atoms with Gasteiger partial charge in [0.2, 0.25) is 5.91 Å². The van der Waals surface area contributed by atoms with Crippen molar-refractivity contribution in [2.75, 3.05) is 12.0 Å². The largest absolute Gasteiger partial charge is 0.452 e. The Morgan fingerprint density at radius 3 is 2.08 bits per heavy atom. The molecule has 0 aliphatic heterocycles. The Balaban J connectivity index is 2.11. The van der Waals surface area contributed by atoms with Crippen molar-refractivity contribution in [2.24, 2.45) is 5.73 Å². The fourth-order valence-electron chi connectivity index (χ4n) is 4.02. The van der Waals surface area contributed by atoms with Crippen LogP contribution in [-0.4, -0.2) is 40.9 Å². The quantitative estimate of drug-likeness (QED) is 0.399. The van der Waals surface area contributed by atoms with Gasteiger partial charge in [0.25, 0.3) is 5.92 Å². The molecule has 2 aliphatic rings. The van der Waals surface area contributed by atoms with E-state index in [0.29, 0.717) is 17.5 Å². The number of halogens is 9. The number of aromatic nitrogens is 2. The molecule has 0 radical (unpaired) electrons. The number of nitrogens with two attached hydrogens (primary N) is 1. The van der Waals surface area contributed by atoms with E-state index >= 15 is 0 Å². The molecular weight excluding hydrogens is 582 g/mol. The standard InChI is InChI=1S/C19H14Cl2F7N5O3S/c1-36-17(35)32(8-2-3-8)15-13(18(16(30)34)7-19(18,22)23)12(6-29)31-33(15)14-10(20)4-9(5-11(14)21)37(24,25,26,27)28/h4-5,8H,2-3,7H2,1H3,(H2,30,34). The first-order chi connectivity index (χ1) is 16.7. The predicted molar refractivity (Wildman–Crippen MR) is 118 cm³/mol. The van der Waals surface area contributed by atoms with E-state index in [1.807, 2.05) is 0 Å². The Labute approximate surface area is 213 Å². The van der Waals surface area contributed by atoms with Crippen LogP contribution in [0.1, 0.15) is 30.5 Å². The fourth-order valence-corrected chi connectivity index (χ4v) is 5.47. The van der Waals surface area contributed by atoms with E-state index in [2.05, 4.69) is 5.10 Å². The maximum atomic E-state index is 14.6. The van der Waals surface area contributed by atoms with E-state index in [1.54, 1.807) is 0 Å². The molecule has 8 nitrogen and oxygen atoms in total. The highest BCUT2D eigenvalue weighted by Gasteiger charge is 2.78. The average molecular weight is 596 g/mol. The summed E-state index contributed by atoms with van der Waals surface area (Å²) in [7, 11) is -9.34. The third-order valence-corrected chi connectivity index (χ3v) is 7.66. The van der Waals surface area contributed by atoms with Crippen LogP contribution in [0.25, 0.3) is 5.69 Å². The summed E-state index contributed by atoms with van der Waals surface area (Å²) in [5, 5.41) is 11.3. The predicted octanol–water partition coefficient (Wildman–Crippen LogP) is 6.21. The molecule has 2 aliphatic carbocycles. The average Bonchev–Trinajstić information content (AvgIpc) is 3.63. The summed E-state index contributed by atoms with van der Waals surface area (Å²) in [5.74, 6) is -6.08. The third-order valence-electron chi connectivity index (χ3n) is 5.96. The Hall–Kier alpha value is -2.90. The molecular formula is C19H14Cl2F7N5O3S. The second-order valence-electron chi connectivity index (χ2n) is 8.50. The summed E-state index contributed by atoms with van der Waals surface area (Å²) < 4.78 is 101. The summed E-state index contributed by atoms with van der Waals surface area (Å²) in [4.78, 5) is 23.3. The number of alkyl halides is 2. The zero-order valence-corrected chi connectivity index (χ0v) is 20.6. The van der Waals surface area contributed by atoms with Gasteiger partial charge in [-0.3, -0.25) is 9.69 Å². The van der Waals surface area contributed by atoms with Gasteiger partial charge in [-0.2, -0.15) is 10.4 Å². The molecule has 2 N–H and O–H groups in total. The number of hydrogen-bond acceptors (Lipinski definition) is 5. The molecule has 1 atom stereocenters. The van der Waals surface area contributed by atoms with Crippen LogP contribution in [0.5, 0.6) is 0 Å². The number of amides is 2. The smallest absolute Gasteiger partial charge is 0.415 e. The number of anilines is 1. The molecule has 2 saturated carbocycles. The SMILES string of the molecule is COC(=O)N(c1c(C2(C(N)=O)CC2(F)F)c(C#N)nn1-c1c(Cl)cc(S(F)(F)(F)(F)F)cc1Cl)C1CC1. The molecule has 2 fully saturated rings. The lowest BCUT2D eigenvalue weighted by Gasteiger charge is -2.40. The molecule has 1 aromatic carbocycles. The third kappa shape index (κ3) is 4.22. The van der Waals surface area contributed by atoms with Crippen LogP contribution < -0.4 is 10.6 Å². The number of carbonyl (C=O) groups excluding carboxylic acids is 2. The Morgan fingerprint density at radius 1 is 1.22 bits per heavy atom. The number of nitriles is 1. The van der Waals surface area contributed by atoms with Crippen molar-refractivity contribution < 1.29 is 42.5 Å². The normalized spacial score (nSPS) is 22.4. The number of methoxy groups -OCH3 is 1. The summed E-state index contributed by atoms with van der Waals surface area (Å²) in [6.07, 6.45) is -1.75. The zero-order chi connectivity index (χ0) is 28.0. The minimum Gasteiger partial charge on any atom is -0.452 e. The number of carbonyl (C=O) groups is 2. The Bertz CT molecular complexity index is 1400.